The molecule has 1 aliphatic rings. The van der Waals surface area contributed by atoms with Gasteiger partial charge in [-0.25, -0.2) is 0 Å². The number of aryl methyl sites for hydroxylation is 1. The van der Waals surface area contributed by atoms with E-state index in [4.69, 9.17) is 15.2 Å². The Balaban J connectivity index is 1.29. The van der Waals surface area contributed by atoms with Gasteiger partial charge in [-0.2, -0.15) is 0 Å². The number of para-hydroxylation sites is 1. The van der Waals surface area contributed by atoms with Gasteiger partial charge < -0.3 is 25.8 Å². The summed E-state index contributed by atoms with van der Waals surface area (Å²) < 4.78 is 11.5. The maximum atomic E-state index is 12.7. The van der Waals surface area contributed by atoms with E-state index in [0.717, 1.165) is 25.0 Å². The molecule has 170 valence electrons. The van der Waals surface area contributed by atoms with E-state index in [1.807, 2.05) is 12.1 Å². The highest BCUT2D eigenvalue weighted by Gasteiger charge is 2.26. The first-order valence-corrected chi connectivity index (χ1v) is 11.0. The number of hydrogen-bond acceptors (Lipinski definition) is 5. The minimum Gasteiger partial charge on any atom is -0.494 e. The van der Waals surface area contributed by atoms with Crippen LogP contribution < -0.4 is 25.8 Å². The van der Waals surface area contributed by atoms with Crippen molar-refractivity contribution in [3.8, 4) is 11.5 Å². The molecule has 3 aromatic rings. The van der Waals surface area contributed by atoms with Crippen molar-refractivity contribution in [2.75, 3.05) is 23.8 Å². The average Bonchev–Trinajstić information content (AvgIpc) is 2.84. The van der Waals surface area contributed by atoms with Gasteiger partial charge in [-0.15, -0.1) is 0 Å². The fourth-order valence-corrected chi connectivity index (χ4v) is 3.61. The van der Waals surface area contributed by atoms with E-state index in [2.05, 4.69) is 34.9 Å². The fourth-order valence-electron chi connectivity index (χ4n) is 3.61. The first-order chi connectivity index (χ1) is 16.1. The maximum absolute atomic E-state index is 12.7. The third kappa shape index (κ3) is 5.83. The van der Waals surface area contributed by atoms with Crippen molar-refractivity contribution < 1.29 is 19.1 Å². The predicted molar refractivity (Wildman–Crippen MR) is 128 cm³/mol. The van der Waals surface area contributed by atoms with Crippen LogP contribution in [0.4, 0.5) is 11.4 Å². The normalized spacial score (nSPS) is 14.4. The quantitative estimate of drug-likeness (QED) is 0.432. The molecule has 2 amide bonds. The third-order valence-electron chi connectivity index (χ3n) is 5.41. The van der Waals surface area contributed by atoms with Crippen LogP contribution in [-0.4, -0.2) is 31.1 Å². The summed E-state index contributed by atoms with van der Waals surface area (Å²) in [7, 11) is 0. The van der Waals surface area contributed by atoms with Gasteiger partial charge in [0.15, 0.2) is 11.9 Å². The van der Waals surface area contributed by atoms with Crippen LogP contribution >= 0.6 is 0 Å². The van der Waals surface area contributed by atoms with Crippen LogP contribution in [0.5, 0.6) is 11.5 Å². The van der Waals surface area contributed by atoms with E-state index in [9.17, 15) is 9.59 Å². The number of rotatable bonds is 9. The monoisotopic (exact) mass is 445 g/mol. The average molecular weight is 446 g/mol. The van der Waals surface area contributed by atoms with Crippen LogP contribution in [0.3, 0.4) is 0 Å². The van der Waals surface area contributed by atoms with E-state index in [1.165, 1.54) is 5.56 Å². The number of benzene rings is 3. The van der Waals surface area contributed by atoms with Crippen molar-refractivity contribution in [1.29, 1.82) is 0 Å². The first kappa shape index (κ1) is 22.2. The first-order valence-electron chi connectivity index (χ1n) is 11.0. The van der Waals surface area contributed by atoms with Crippen molar-refractivity contribution in [3.05, 3.63) is 83.9 Å². The molecule has 7 nitrogen and oxygen atoms in total. The Kier molecular flexibility index (Phi) is 7.09. The Morgan fingerprint density at radius 1 is 1.00 bits per heavy atom. The molecule has 0 bridgehead atoms. The summed E-state index contributed by atoms with van der Waals surface area (Å²) in [6.45, 7) is 0.910. The second kappa shape index (κ2) is 10.5. The molecule has 7 heteroatoms. The molecular weight excluding hydrogens is 418 g/mol. The molecule has 33 heavy (non-hydrogen) atoms. The van der Waals surface area contributed by atoms with Crippen molar-refractivity contribution in [3.63, 3.8) is 0 Å². The summed E-state index contributed by atoms with van der Waals surface area (Å²) in [5.41, 5.74) is 8.34. The highest BCUT2D eigenvalue weighted by molar-refractivity contribution is 6.05. The molecule has 1 unspecified atom stereocenters. The summed E-state index contributed by atoms with van der Waals surface area (Å²) >= 11 is 0. The number of nitrogens with one attached hydrogen (secondary N) is 2. The highest BCUT2D eigenvalue weighted by atomic mass is 16.5. The lowest BCUT2D eigenvalue weighted by molar-refractivity contribution is -0.124. The minimum absolute atomic E-state index is 0.285. The Bertz CT molecular complexity index is 1100. The fraction of sp³-hybridized carbons (Fsp3) is 0.231. The van der Waals surface area contributed by atoms with Gasteiger partial charge >= 0.3 is 0 Å². The van der Waals surface area contributed by atoms with Crippen molar-refractivity contribution in [2.24, 2.45) is 5.73 Å². The molecule has 0 aliphatic carbocycles. The lowest BCUT2D eigenvalue weighted by atomic mass is 10.1. The second-order valence-electron chi connectivity index (χ2n) is 7.84. The molecule has 3 aromatic carbocycles. The molecule has 0 saturated heterocycles. The molecular formula is C26H27N3O4. The van der Waals surface area contributed by atoms with E-state index >= 15 is 0 Å². The lowest BCUT2D eigenvalue weighted by Gasteiger charge is -2.27. The molecule has 0 fully saturated rings. The number of carbonyl (C=O) groups is 2. The number of anilines is 2. The van der Waals surface area contributed by atoms with Crippen LogP contribution in [0.1, 0.15) is 28.8 Å². The number of nitrogens with two attached hydrogens (primary N) is 1. The smallest absolute Gasteiger partial charge is 0.260 e. The Morgan fingerprint density at radius 2 is 1.79 bits per heavy atom. The highest BCUT2D eigenvalue weighted by Crippen LogP contribution is 2.36. The molecule has 4 rings (SSSR count). The van der Waals surface area contributed by atoms with Crippen molar-refractivity contribution in [2.45, 2.75) is 25.4 Å². The Hall–Kier alpha value is -4.00. The van der Waals surface area contributed by atoms with Gasteiger partial charge in [0.05, 0.1) is 24.5 Å². The SMILES string of the molecule is NC(=O)C1CNc2cccc(NC(=O)c3ccc(OCCCCc4ccccc4)cc3)c2O1. The molecule has 0 spiro atoms. The van der Waals surface area contributed by atoms with Gasteiger partial charge in [0.1, 0.15) is 5.75 Å². The number of unbranched alkanes of at least 4 members (excludes halogenated alkanes) is 1. The molecule has 1 aliphatic heterocycles. The van der Waals surface area contributed by atoms with E-state index in [0.29, 0.717) is 29.3 Å². The number of hydrogen-bond donors (Lipinski definition) is 3. The summed E-state index contributed by atoms with van der Waals surface area (Å²) in [5.74, 6) is 0.268. The Morgan fingerprint density at radius 3 is 2.55 bits per heavy atom. The predicted octanol–water partition coefficient (Wildman–Crippen LogP) is 4.00. The van der Waals surface area contributed by atoms with Gasteiger partial charge in [-0.1, -0.05) is 36.4 Å². The van der Waals surface area contributed by atoms with E-state index < -0.39 is 12.0 Å². The molecule has 0 saturated carbocycles. The zero-order chi connectivity index (χ0) is 23.0. The van der Waals surface area contributed by atoms with Gasteiger partial charge in [-0.05, 0) is 61.2 Å². The third-order valence-corrected chi connectivity index (χ3v) is 5.41. The minimum atomic E-state index is -0.792. The molecule has 0 aromatic heterocycles. The van der Waals surface area contributed by atoms with Gasteiger partial charge in [-0.3, -0.25) is 9.59 Å². The van der Waals surface area contributed by atoms with E-state index in [-0.39, 0.29) is 12.5 Å². The topological polar surface area (TPSA) is 103 Å². The van der Waals surface area contributed by atoms with Crippen molar-refractivity contribution in [1.82, 2.24) is 0 Å². The second-order valence-corrected chi connectivity index (χ2v) is 7.84. The standard InChI is InChI=1S/C26H27N3O4/c27-25(30)23-17-28-21-10-6-11-22(24(21)33-23)29-26(31)19-12-14-20(15-13-19)32-16-5-4-9-18-7-2-1-3-8-18/h1-3,6-8,10-15,23,28H,4-5,9,16-17H2,(H2,27,30)(H,29,31). The lowest BCUT2D eigenvalue weighted by Crippen LogP contribution is -2.42. The number of amides is 2. The number of ether oxygens (including phenoxy) is 2. The zero-order valence-electron chi connectivity index (χ0n) is 18.3. The van der Waals surface area contributed by atoms with Crippen LogP contribution in [0.2, 0.25) is 0 Å². The number of carbonyl (C=O) groups excluding carboxylic acids is 2. The van der Waals surface area contributed by atoms with Gasteiger partial charge in [0.2, 0.25) is 0 Å². The molecule has 0 radical (unpaired) electrons. The van der Waals surface area contributed by atoms with Crippen molar-refractivity contribution >= 4 is 23.2 Å². The maximum Gasteiger partial charge on any atom is 0.260 e. The van der Waals surface area contributed by atoms with Gasteiger partial charge in [0.25, 0.3) is 11.8 Å². The summed E-state index contributed by atoms with van der Waals surface area (Å²) in [5, 5.41) is 5.94. The molecule has 1 heterocycles. The molecule has 4 N–H and O–H groups in total. The van der Waals surface area contributed by atoms with Crippen LogP contribution in [0.15, 0.2) is 72.8 Å². The Labute approximate surface area is 192 Å². The molecule has 1 atom stereocenters. The van der Waals surface area contributed by atoms with E-state index in [1.54, 1.807) is 36.4 Å². The summed E-state index contributed by atoms with van der Waals surface area (Å²) in [4.78, 5) is 24.2. The van der Waals surface area contributed by atoms with Crippen LogP contribution in [0.25, 0.3) is 0 Å². The summed E-state index contributed by atoms with van der Waals surface area (Å²) in [6, 6.07) is 22.7. The summed E-state index contributed by atoms with van der Waals surface area (Å²) in [6.07, 6.45) is 2.25. The largest absolute Gasteiger partial charge is 0.494 e. The van der Waals surface area contributed by atoms with Gasteiger partial charge in [0, 0.05) is 5.56 Å². The number of primary amides is 1. The van der Waals surface area contributed by atoms with Crippen LogP contribution in [-0.2, 0) is 11.2 Å². The number of fused-ring (bicyclic) bond motifs is 1. The zero-order valence-corrected chi connectivity index (χ0v) is 18.3. The van der Waals surface area contributed by atoms with Crippen LogP contribution in [0, 0.1) is 0 Å².